The van der Waals surface area contributed by atoms with Crippen molar-refractivity contribution in [3.8, 4) is 17.1 Å². The first kappa shape index (κ1) is 23.9. The van der Waals surface area contributed by atoms with Gasteiger partial charge in [-0.25, -0.2) is 13.8 Å². The van der Waals surface area contributed by atoms with Crippen molar-refractivity contribution in [3.63, 3.8) is 0 Å². The fourth-order valence-electron chi connectivity index (χ4n) is 5.60. The van der Waals surface area contributed by atoms with Crippen LogP contribution >= 0.6 is 11.6 Å². The third kappa shape index (κ3) is 4.59. The molecule has 0 unspecified atom stereocenters. The summed E-state index contributed by atoms with van der Waals surface area (Å²) in [6.45, 7) is 5.58. The zero-order chi connectivity index (χ0) is 24.6. The van der Waals surface area contributed by atoms with Gasteiger partial charge in [-0.3, -0.25) is 9.88 Å². The molecule has 0 aliphatic carbocycles. The Morgan fingerprint density at radius 1 is 1.14 bits per heavy atom. The highest BCUT2D eigenvalue weighted by molar-refractivity contribution is 6.30. The number of ether oxygens (including phenoxy) is 1. The van der Waals surface area contributed by atoms with Gasteiger partial charge in [-0.05, 0) is 68.8 Å². The molecule has 0 N–H and O–H groups in total. The fraction of sp³-hybridized carbons (Fsp3) is 0.407. The van der Waals surface area contributed by atoms with Crippen molar-refractivity contribution in [2.24, 2.45) is 0 Å². The van der Waals surface area contributed by atoms with E-state index in [1.165, 1.54) is 11.6 Å². The second-order valence-electron chi connectivity index (χ2n) is 9.42. The molecule has 2 aliphatic heterocycles. The average Bonchev–Trinajstić information content (AvgIpc) is 2.85. The van der Waals surface area contributed by atoms with Crippen molar-refractivity contribution in [2.45, 2.75) is 38.2 Å². The SMILES string of the molecule is CCOc1ncccc1-c1ccc2c(n1)CN(C)CC21CCN(c2ccc(Cl)cc2C(F)F)CC1. The molecule has 1 saturated heterocycles. The minimum Gasteiger partial charge on any atom is -0.477 e. The van der Waals surface area contributed by atoms with Gasteiger partial charge in [0.15, 0.2) is 0 Å². The van der Waals surface area contributed by atoms with Crippen molar-refractivity contribution < 1.29 is 13.5 Å². The Balaban J connectivity index is 1.44. The average molecular weight is 499 g/mol. The summed E-state index contributed by atoms with van der Waals surface area (Å²) in [5.41, 5.74) is 4.60. The predicted molar refractivity (Wildman–Crippen MR) is 135 cm³/mol. The number of nitrogens with zero attached hydrogens (tertiary/aromatic N) is 4. The van der Waals surface area contributed by atoms with Gasteiger partial charge in [0, 0.05) is 54.1 Å². The number of alkyl halides is 2. The Labute approximate surface area is 209 Å². The predicted octanol–water partition coefficient (Wildman–Crippen LogP) is 6.12. The third-order valence-electron chi connectivity index (χ3n) is 7.15. The highest BCUT2D eigenvalue weighted by atomic mass is 35.5. The standard InChI is InChI=1S/C27H29ClF2N4O/c1-3-35-26-19(5-4-12-31-26)22-8-7-21-23(32-22)16-33(2)17-27(21)10-13-34(14-11-27)24-9-6-18(28)15-20(24)25(29)30/h4-9,12,15,25H,3,10-11,13-14,16-17H2,1-2H3. The topological polar surface area (TPSA) is 41.5 Å². The van der Waals surface area contributed by atoms with Crippen molar-refractivity contribution in [1.29, 1.82) is 0 Å². The van der Waals surface area contributed by atoms with Gasteiger partial charge in [-0.1, -0.05) is 17.7 Å². The number of pyridine rings is 2. The van der Waals surface area contributed by atoms with E-state index in [0.717, 1.165) is 42.9 Å². The first-order valence-electron chi connectivity index (χ1n) is 12.0. The van der Waals surface area contributed by atoms with Crippen LogP contribution in [0.25, 0.3) is 11.3 Å². The van der Waals surface area contributed by atoms with Gasteiger partial charge in [0.2, 0.25) is 5.88 Å². The van der Waals surface area contributed by atoms with Gasteiger partial charge in [0.25, 0.3) is 6.43 Å². The molecule has 0 amide bonds. The number of likely N-dealkylation sites (N-methyl/N-ethyl adjacent to an activating group) is 1. The van der Waals surface area contributed by atoms with Crippen LogP contribution in [-0.2, 0) is 12.0 Å². The highest BCUT2D eigenvalue weighted by Crippen LogP contribution is 2.44. The summed E-state index contributed by atoms with van der Waals surface area (Å²) < 4.78 is 33.1. The molecular weight excluding hydrogens is 470 g/mol. The zero-order valence-corrected chi connectivity index (χ0v) is 20.7. The lowest BCUT2D eigenvalue weighted by atomic mass is 9.69. The summed E-state index contributed by atoms with van der Waals surface area (Å²) in [7, 11) is 2.12. The number of hydrogen-bond acceptors (Lipinski definition) is 5. The second kappa shape index (κ2) is 9.70. The van der Waals surface area contributed by atoms with E-state index in [1.807, 2.05) is 19.1 Å². The molecule has 0 radical (unpaired) electrons. The molecule has 2 aliphatic rings. The van der Waals surface area contributed by atoms with E-state index in [0.29, 0.717) is 36.3 Å². The Kier molecular flexibility index (Phi) is 6.64. The number of halogens is 3. The Bertz CT molecular complexity index is 1210. The van der Waals surface area contributed by atoms with Crippen LogP contribution in [0.5, 0.6) is 5.88 Å². The van der Waals surface area contributed by atoms with Crippen LogP contribution in [0, 0.1) is 0 Å². The molecule has 2 aromatic heterocycles. The lowest BCUT2D eigenvalue weighted by molar-refractivity contribution is 0.151. The van der Waals surface area contributed by atoms with Crippen LogP contribution in [0.2, 0.25) is 5.02 Å². The van der Waals surface area contributed by atoms with Gasteiger partial charge >= 0.3 is 0 Å². The quantitative estimate of drug-likeness (QED) is 0.424. The van der Waals surface area contributed by atoms with Crippen LogP contribution in [-0.4, -0.2) is 48.2 Å². The first-order valence-corrected chi connectivity index (χ1v) is 12.4. The van der Waals surface area contributed by atoms with Gasteiger partial charge in [-0.2, -0.15) is 0 Å². The molecule has 0 atom stereocenters. The van der Waals surface area contributed by atoms with Crippen molar-refractivity contribution in [1.82, 2.24) is 14.9 Å². The van der Waals surface area contributed by atoms with E-state index in [1.54, 1.807) is 18.3 Å². The number of anilines is 1. The third-order valence-corrected chi connectivity index (χ3v) is 7.39. The maximum absolute atomic E-state index is 13.7. The van der Waals surface area contributed by atoms with E-state index >= 15 is 0 Å². The minimum atomic E-state index is -2.56. The molecule has 3 aromatic rings. The van der Waals surface area contributed by atoms with Crippen LogP contribution in [0.15, 0.2) is 48.7 Å². The summed E-state index contributed by atoms with van der Waals surface area (Å²) in [5, 5.41) is 0.336. The molecule has 1 spiro atoms. The molecule has 184 valence electrons. The van der Waals surface area contributed by atoms with Crippen LogP contribution in [0.3, 0.4) is 0 Å². The molecule has 35 heavy (non-hydrogen) atoms. The van der Waals surface area contributed by atoms with E-state index < -0.39 is 6.43 Å². The maximum atomic E-state index is 13.7. The van der Waals surface area contributed by atoms with Gasteiger partial charge in [-0.15, -0.1) is 0 Å². The molecule has 5 rings (SSSR count). The molecular formula is C27H29ClF2N4O. The van der Waals surface area contributed by atoms with Crippen molar-refractivity contribution in [2.75, 3.05) is 38.2 Å². The molecule has 1 aromatic carbocycles. The number of aromatic nitrogens is 2. The number of piperidine rings is 1. The first-order chi connectivity index (χ1) is 16.9. The van der Waals surface area contributed by atoms with Gasteiger partial charge in [0.05, 0.1) is 23.6 Å². The maximum Gasteiger partial charge on any atom is 0.265 e. The van der Waals surface area contributed by atoms with Gasteiger partial charge < -0.3 is 9.64 Å². The van der Waals surface area contributed by atoms with Gasteiger partial charge in [0.1, 0.15) is 0 Å². The summed E-state index contributed by atoms with van der Waals surface area (Å²) in [6, 6.07) is 12.9. The fourth-order valence-corrected chi connectivity index (χ4v) is 5.78. The second-order valence-corrected chi connectivity index (χ2v) is 9.86. The lowest BCUT2D eigenvalue weighted by Gasteiger charge is -2.48. The van der Waals surface area contributed by atoms with Crippen LogP contribution in [0.4, 0.5) is 14.5 Å². The van der Waals surface area contributed by atoms with Crippen molar-refractivity contribution >= 4 is 17.3 Å². The normalized spacial score (nSPS) is 17.6. The van der Waals surface area contributed by atoms with E-state index in [9.17, 15) is 8.78 Å². The summed E-state index contributed by atoms with van der Waals surface area (Å²) in [5.74, 6) is 0.590. The number of benzene rings is 1. The summed E-state index contributed by atoms with van der Waals surface area (Å²) in [4.78, 5) is 13.8. The monoisotopic (exact) mass is 498 g/mol. The molecule has 0 bridgehead atoms. The smallest absolute Gasteiger partial charge is 0.265 e. The number of fused-ring (bicyclic) bond motifs is 2. The largest absolute Gasteiger partial charge is 0.477 e. The van der Waals surface area contributed by atoms with E-state index in [2.05, 4.69) is 34.0 Å². The Hall–Kier alpha value is -2.77. The molecule has 4 heterocycles. The molecule has 5 nitrogen and oxygen atoms in total. The Morgan fingerprint density at radius 3 is 2.69 bits per heavy atom. The summed E-state index contributed by atoms with van der Waals surface area (Å²) in [6.07, 6.45) is 0.906. The zero-order valence-electron chi connectivity index (χ0n) is 20.0. The van der Waals surface area contributed by atoms with Crippen LogP contribution in [0.1, 0.15) is 43.0 Å². The van der Waals surface area contributed by atoms with E-state index in [-0.39, 0.29) is 11.0 Å². The Morgan fingerprint density at radius 2 is 1.94 bits per heavy atom. The van der Waals surface area contributed by atoms with Crippen LogP contribution < -0.4 is 9.64 Å². The summed E-state index contributed by atoms with van der Waals surface area (Å²) >= 11 is 6.00. The van der Waals surface area contributed by atoms with Crippen molar-refractivity contribution in [3.05, 3.63) is 70.5 Å². The molecule has 1 fully saturated rings. The highest BCUT2D eigenvalue weighted by Gasteiger charge is 2.42. The molecule has 8 heteroatoms. The van der Waals surface area contributed by atoms with E-state index in [4.69, 9.17) is 21.3 Å². The number of hydrogen-bond donors (Lipinski definition) is 0. The minimum absolute atomic E-state index is 0.00231. The molecule has 0 saturated carbocycles. The number of rotatable bonds is 5. The lowest BCUT2D eigenvalue weighted by Crippen LogP contribution is -2.51.